The molecule has 0 spiro atoms. The first-order chi connectivity index (χ1) is 13.0. The lowest BCUT2D eigenvalue weighted by molar-refractivity contribution is 0.0599. The van der Waals surface area contributed by atoms with Gasteiger partial charge in [0.2, 0.25) is 0 Å². The van der Waals surface area contributed by atoms with Gasteiger partial charge in [0.15, 0.2) is 0 Å². The summed E-state index contributed by atoms with van der Waals surface area (Å²) in [5, 5.41) is 12.6. The average Bonchev–Trinajstić information content (AvgIpc) is 2.69. The number of rotatable bonds is 10. The summed E-state index contributed by atoms with van der Waals surface area (Å²) in [4.78, 5) is 22.8. The van der Waals surface area contributed by atoms with Crippen LogP contribution in [0, 0.1) is 0 Å². The van der Waals surface area contributed by atoms with Crippen LogP contribution in [0.1, 0.15) is 64.4 Å². The number of hydrogen-bond donors (Lipinski definition) is 2. The van der Waals surface area contributed by atoms with Crippen LogP contribution >= 0.6 is 0 Å². The van der Waals surface area contributed by atoms with Gasteiger partial charge in [0.25, 0.3) is 0 Å². The summed E-state index contributed by atoms with van der Waals surface area (Å²) in [5.74, 6) is -1.30. The Labute approximate surface area is 160 Å². The van der Waals surface area contributed by atoms with Gasteiger partial charge in [0, 0.05) is 12.2 Å². The van der Waals surface area contributed by atoms with E-state index in [2.05, 4.69) is 12.2 Å². The van der Waals surface area contributed by atoms with E-state index in [1.165, 1.54) is 26.4 Å². The number of nitrogens with one attached hydrogen (secondary N) is 1. The van der Waals surface area contributed by atoms with E-state index in [4.69, 9.17) is 4.74 Å². The third-order valence-corrected chi connectivity index (χ3v) is 4.51. The van der Waals surface area contributed by atoms with Crippen molar-refractivity contribution in [2.24, 2.45) is 0 Å². The number of benzene rings is 2. The number of carbonyl (C=O) groups excluding carboxylic acids is 1. The van der Waals surface area contributed by atoms with Crippen LogP contribution in [0.3, 0.4) is 0 Å². The zero-order valence-electron chi connectivity index (χ0n) is 16.0. The van der Waals surface area contributed by atoms with Crippen molar-refractivity contribution in [2.75, 3.05) is 12.4 Å². The highest BCUT2D eigenvalue weighted by Crippen LogP contribution is 2.22. The molecule has 0 aliphatic rings. The fourth-order valence-corrected chi connectivity index (χ4v) is 2.91. The number of ether oxygens (including phenoxy) is 1. The van der Waals surface area contributed by atoms with Crippen molar-refractivity contribution in [1.82, 2.24) is 0 Å². The number of unbranched alkanes of at least 4 members (excludes halogenated alkanes) is 3. The molecule has 0 unspecified atom stereocenters. The summed E-state index contributed by atoms with van der Waals surface area (Å²) in [5.41, 5.74) is 3.76. The van der Waals surface area contributed by atoms with E-state index >= 15 is 0 Å². The normalized spacial score (nSPS) is 10.4. The SMILES string of the molecule is CCCCCCc1ccc(C(=O)O)cc1NCc1ccc(C(=O)OC)cc1. The predicted octanol–water partition coefficient (Wildman–Crippen LogP) is 4.91. The van der Waals surface area contributed by atoms with Crippen LogP contribution in [0.5, 0.6) is 0 Å². The highest BCUT2D eigenvalue weighted by molar-refractivity contribution is 5.89. The van der Waals surface area contributed by atoms with Gasteiger partial charge < -0.3 is 15.2 Å². The van der Waals surface area contributed by atoms with Crippen molar-refractivity contribution in [3.05, 3.63) is 64.7 Å². The number of hydrogen-bond acceptors (Lipinski definition) is 4. The zero-order chi connectivity index (χ0) is 19.6. The molecule has 0 fully saturated rings. The lowest BCUT2D eigenvalue weighted by Crippen LogP contribution is -2.06. The number of carboxylic acids is 1. The van der Waals surface area contributed by atoms with E-state index in [1.807, 2.05) is 18.2 Å². The van der Waals surface area contributed by atoms with Gasteiger partial charge in [-0.1, -0.05) is 44.4 Å². The van der Waals surface area contributed by atoms with E-state index in [0.717, 1.165) is 29.7 Å². The fourth-order valence-electron chi connectivity index (χ4n) is 2.91. The molecular weight excluding hydrogens is 342 g/mol. The number of anilines is 1. The van der Waals surface area contributed by atoms with Crippen molar-refractivity contribution in [3.8, 4) is 0 Å². The molecule has 0 saturated heterocycles. The van der Waals surface area contributed by atoms with Crippen LogP contribution in [0.2, 0.25) is 0 Å². The van der Waals surface area contributed by atoms with Crippen molar-refractivity contribution in [3.63, 3.8) is 0 Å². The molecule has 2 aromatic rings. The minimum absolute atomic E-state index is 0.274. The molecular formula is C22H27NO4. The molecule has 27 heavy (non-hydrogen) atoms. The average molecular weight is 369 g/mol. The molecule has 0 saturated carbocycles. The van der Waals surface area contributed by atoms with E-state index < -0.39 is 5.97 Å². The number of carboxylic acid groups (broad SMARTS) is 1. The molecule has 0 aliphatic heterocycles. The molecule has 0 amide bonds. The smallest absolute Gasteiger partial charge is 0.337 e. The molecule has 0 atom stereocenters. The third-order valence-electron chi connectivity index (χ3n) is 4.51. The Morgan fingerprint density at radius 1 is 1.00 bits per heavy atom. The third kappa shape index (κ3) is 6.13. The second kappa shape index (κ2) is 10.4. The van der Waals surface area contributed by atoms with E-state index in [9.17, 15) is 14.7 Å². The maximum atomic E-state index is 11.5. The summed E-state index contributed by atoms with van der Waals surface area (Å²) in [6.07, 6.45) is 5.57. The quantitative estimate of drug-likeness (QED) is 0.460. The second-order valence-corrected chi connectivity index (χ2v) is 6.53. The lowest BCUT2D eigenvalue weighted by atomic mass is 10.0. The Balaban J connectivity index is 2.08. The maximum Gasteiger partial charge on any atom is 0.337 e. The first-order valence-electron chi connectivity index (χ1n) is 9.32. The van der Waals surface area contributed by atoms with Gasteiger partial charge in [0.05, 0.1) is 18.2 Å². The Hall–Kier alpha value is -2.82. The van der Waals surface area contributed by atoms with Gasteiger partial charge in [-0.2, -0.15) is 0 Å². The monoisotopic (exact) mass is 369 g/mol. The molecule has 0 aliphatic carbocycles. The molecule has 5 heteroatoms. The van der Waals surface area contributed by atoms with Crippen LogP contribution < -0.4 is 5.32 Å². The molecule has 0 radical (unpaired) electrons. The summed E-state index contributed by atoms with van der Waals surface area (Å²) < 4.78 is 4.70. The molecule has 2 aromatic carbocycles. The van der Waals surface area contributed by atoms with Crippen molar-refractivity contribution in [1.29, 1.82) is 0 Å². The molecule has 2 N–H and O–H groups in total. The topological polar surface area (TPSA) is 75.6 Å². The molecule has 5 nitrogen and oxygen atoms in total. The van der Waals surface area contributed by atoms with E-state index in [0.29, 0.717) is 12.1 Å². The molecule has 0 aromatic heterocycles. The Bertz CT molecular complexity index is 768. The highest BCUT2D eigenvalue weighted by atomic mass is 16.5. The van der Waals surface area contributed by atoms with Crippen LogP contribution in [-0.2, 0) is 17.7 Å². The predicted molar refractivity (Wildman–Crippen MR) is 106 cm³/mol. The molecule has 2 rings (SSSR count). The summed E-state index contributed by atoms with van der Waals surface area (Å²) in [7, 11) is 1.36. The molecule has 0 bridgehead atoms. The Kier molecular flexibility index (Phi) is 7.86. The lowest BCUT2D eigenvalue weighted by Gasteiger charge is -2.14. The van der Waals surface area contributed by atoms with E-state index in [1.54, 1.807) is 24.3 Å². The number of aromatic carboxylic acids is 1. The number of aryl methyl sites for hydroxylation is 1. The largest absolute Gasteiger partial charge is 0.478 e. The van der Waals surface area contributed by atoms with Gasteiger partial charge in [0.1, 0.15) is 0 Å². The second-order valence-electron chi connectivity index (χ2n) is 6.53. The first-order valence-corrected chi connectivity index (χ1v) is 9.32. The molecule has 144 valence electrons. The zero-order valence-corrected chi connectivity index (χ0v) is 16.0. The fraction of sp³-hybridized carbons (Fsp3) is 0.364. The number of carbonyl (C=O) groups is 2. The Morgan fingerprint density at radius 3 is 2.33 bits per heavy atom. The standard InChI is InChI=1S/C22H27NO4/c1-3-4-5-6-7-17-12-13-19(21(24)25)14-20(17)23-15-16-8-10-18(11-9-16)22(26)27-2/h8-14,23H,3-7,15H2,1-2H3,(H,24,25). The van der Waals surface area contributed by atoms with E-state index in [-0.39, 0.29) is 11.5 Å². The first kappa shape index (κ1) is 20.5. The summed E-state index contributed by atoms with van der Waals surface area (Å²) >= 11 is 0. The van der Waals surface area contributed by atoms with Crippen LogP contribution in [0.25, 0.3) is 0 Å². The number of methoxy groups -OCH3 is 1. The van der Waals surface area contributed by atoms with Crippen molar-refractivity contribution < 1.29 is 19.4 Å². The van der Waals surface area contributed by atoms with Gasteiger partial charge >= 0.3 is 11.9 Å². The van der Waals surface area contributed by atoms with Gasteiger partial charge in [-0.3, -0.25) is 0 Å². The van der Waals surface area contributed by atoms with Crippen LogP contribution in [0.15, 0.2) is 42.5 Å². The van der Waals surface area contributed by atoms with Crippen molar-refractivity contribution in [2.45, 2.75) is 45.6 Å². The van der Waals surface area contributed by atoms with Gasteiger partial charge in [-0.25, -0.2) is 9.59 Å². The minimum Gasteiger partial charge on any atom is -0.478 e. The molecule has 0 heterocycles. The van der Waals surface area contributed by atoms with Crippen LogP contribution in [-0.4, -0.2) is 24.2 Å². The maximum absolute atomic E-state index is 11.5. The summed E-state index contributed by atoms with van der Waals surface area (Å²) in [6, 6.07) is 12.4. The van der Waals surface area contributed by atoms with Gasteiger partial charge in [-0.05, 0) is 48.2 Å². The van der Waals surface area contributed by atoms with Crippen LogP contribution in [0.4, 0.5) is 5.69 Å². The van der Waals surface area contributed by atoms with Gasteiger partial charge in [-0.15, -0.1) is 0 Å². The Morgan fingerprint density at radius 2 is 1.70 bits per heavy atom. The van der Waals surface area contributed by atoms with Crippen molar-refractivity contribution >= 4 is 17.6 Å². The minimum atomic E-state index is -0.932. The highest BCUT2D eigenvalue weighted by Gasteiger charge is 2.09. The number of esters is 1. The summed E-state index contributed by atoms with van der Waals surface area (Å²) in [6.45, 7) is 2.73.